The number of aromatic nitrogens is 1. The quantitative estimate of drug-likeness (QED) is 0.593. The first-order chi connectivity index (χ1) is 14.5. The van der Waals surface area contributed by atoms with Gasteiger partial charge in [0.1, 0.15) is 0 Å². The molecule has 1 unspecified atom stereocenters. The van der Waals surface area contributed by atoms with Gasteiger partial charge in [-0.2, -0.15) is 0 Å². The first-order valence-corrected chi connectivity index (χ1v) is 10.8. The number of H-pyrrole nitrogens is 1. The van der Waals surface area contributed by atoms with Gasteiger partial charge in [-0.25, -0.2) is 0 Å². The third kappa shape index (κ3) is 4.71. The Bertz CT molecular complexity index is 1120. The molecule has 5 nitrogen and oxygen atoms in total. The number of hydrogen-bond acceptors (Lipinski definition) is 3. The third-order valence-corrected chi connectivity index (χ3v) is 5.89. The minimum absolute atomic E-state index is 0.0764. The van der Waals surface area contributed by atoms with Gasteiger partial charge in [-0.05, 0) is 73.6 Å². The summed E-state index contributed by atoms with van der Waals surface area (Å²) in [6.45, 7) is 5.92. The molecule has 1 atom stereocenters. The van der Waals surface area contributed by atoms with Gasteiger partial charge >= 0.3 is 0 Å². The van der Waals surface area contributed by atoms with Crippen molar-refractivity contribution >= 4 is 33.9 Å². The maximum Gasteiger partial charge on any atom is 0.253 e. The van der Waals surface area contributed by atoms with Gasteiger partial charge in [0.05, 0.1) is 18.2 Å². The van der Waals surface area contributed by atoms with Crippen molar-refractivity contribution in [1.82, 2.24) is 9.88 Å². The zero-order chi connectivity index (χ0) is 21.1. The molecule has 0 saturated carbocycles. The maximum absolute atomic E-state index is 12.8. The summed E-state index contributed by atoms with van der Waals surface area (Å²) < 4.78 is 5.84. The minimum Gasteiger partial charge on any atom is -0.376 e. The van der Waals surface area contributed by atoms with Gasteiger partial charge in [0.25, 0.3) is 5.56 Å². The number of thiocarbonyl (C=S) groups is 1. The summed E-state index contributed by atoms with van der Waals surface area (Å²) in [5, 5.41) is 4.96. The van der Waals surface area contributed by atoms with Crippen LogP contribution >= 0.6 is 12.2 Å². The number of nitrogens with zero attached hydrogens (tertiary/aromatic N) is 1. The fraction of sp³-hybridized carbons (Fsp3) is 0.333. The Labute approximate surface area is 182 Å². The molecule has 0 amide bonds. The van der Waals surface area contributed by atoms with E-state index in [-0.39, 0.29) is 11.7 Å². The zero-order valence-corrected chi connectivity index (χ0v) is 18.2. The Kier molecular flexibility index (Phi) is 6.16. The average Bonchev–Trinajstić information content (AvgIpc) is 3.22. The van der Waals surface area contributed by atoms with Gasteiger partial charge < -0.3 is 19.9 Å². The summed E-state index contributed by atoms with van der Waals surface area (Å²) in [4.78, 5) is 17.9. The van der Waals surface area contributed by atoms with E-state index >= 15 is 0 Å². The van der Waals surface area contributed by atoms with Crippen LogP contribution in [0, 0.1) is 13.8 Å². The lowest BCUT2D eigenvalue weighted by Gasteiger charge is -2.28. The number of nitrogens with one attached hydrogen (secondary N) is 2. The van der Waals surface area contributed by atoms with Crippen LogP contribution in [0.1, 0.15) is 29.5 Å². The van der Waals surface area contributed by atoms with E-state index in [1.165, 1.54) is 0 Å². The number of anilines is 1. The molecule has 156 valence electrons. The highest BCUT2D eigenvalue weighted by Gasteiger charge is 2.22. The number of pyridine rings is 1. The lowest BCUT2D eigenvalue weighted by atomic mass is 10.1. The molecule has 0 radical (unpaired) electrons. The number of benzene rings is 2. The number of aromatic amines is 1. The SMILES string of the molecule is Cc1cccc(NC(=S)N(Cc2cc3cccc(C)c3[nH]c2=O)CC2CCCO2)c1. The van der Waals surface area contributed by atoms with Gasteiger partial charge in [-0.15, -0.1) is 0 Å². The number of ether oxygens (including phenoxy) is 1. The molecular weight excluding hydrogens is 394 g/mol. The summed E-state index contributed by atoms with van der Waals surface area (Å²) in [6.07, 6.45) is 2.20. The Hall–Kier alpha value is -2.70. The number of aryl methyl sites for hydroxylation is 2. The van der Waals surface area contributed by atoms with Crippen molar-refractivity contribution in [3.05, 3.63) is 75.6 Å². The van der Waals surface area contributed by atoms with Crippen molar-refractivity contribution in [2.24, 2.45) is 0 Å². The van der Waals surface area contributed by atoms with Crippen LogP contribution < -0.4 is 10.9 Å². The average molecular weight is 422 g/mol. The second kappa shape index (κ2) is 8.98. The Morgan fingerprint density at radius 3 is 2.83 bits per heavy atom. The van der Waals surface area contributed by atoms with Crippen molar-refractivity contribution in [3.8, 4) is 0 Å². The molecular formula is C24H27N3O2S. The van der Waals surface area contributed by atoms with Crippen molar-refractivity contribution in [1.29, 1.82) is 0 Å². The van der Waals surface area contributed by atoms with E-state index in [1.807, 2.05) is 48.2 Å². The van der Waals surface area contributed by atoms with Crippen LogP contribution in [0.25, 0.3) is 10.9 Å². The van der Waals surface area contributed by atoms with E-state index in [0.29, 0.717) is 23.8 Å². The van der Waals surface area contributed by atoms with Gasteiger partial charge in [-0.1, -0.05) is 30.3 Å². The highest BCUT2D eigenvalue weighted by Crippen LogP contribution is 2.19. The predicted molar refractivity (Wildman–Crippen MR) is 126 cm³/mol. The monoisotopic (exact) mass is 421 g/mol. The number of para-hydroxylation sites is 1. The van der Waals surface area contributed by atoms with E-state index in [9.17, 15) is 4.79 Å². The van der Waals surface area contributed by atoms with Crippen LogP contribution in [0.3, 0.4) is 0 Å². The molecule has 3 aromatic rings. The molecule has 1 aliphatic rings. The molecule has 2 N–H and O–H groups in total. The topological polar surface area (TPSA) is 57.4 Å². The lowest BCUT2D eigenvalue weighted by Crippen LogP contribution is -2.40. The Morgan fingerprint density at radius 1 is 1.23 bits per heavy atom. The second-order valence-corrected chi connectivity index (χ2v) is 8.36. The summed E-state index contributed by atoms with van der Waals surface area (Å²) in [6, 6.07) is 16.1. The Morgan fingerprint density at radius 2 is 2.07 bits per heavy atom. The molecule has 0 bridgehead atoms. The highest BCUT2D eigenvalue weighted by atomic mass is 32.1. The van der Waals surface area contributed by atoms with Gasteiger partial charge in [0.2, 0.25) is 0 Å². The molecule has 30 heavy (non-hydrogen) atoms. The normalized spacial score (nSPS) is 16.0. The summed E-state index contributed by atoms with van der Waals surface area (Å²) in [5.41, 5.74) is 4.67. The van der Waals surface area contributed by atoms with Crippen LogP contribution in [0.2, 0.25) is 0 Å². The Balaban J connectivity index is 1.60. The molecule has 2 aromatic carbocycles. The predicted octanol–water partition coefficient (Wildman–Crippen LogP) is 4.52. The number of fused-ring (bicyclic) bond motifs is 1. The van der Waals surface area contributed by atoms with Crippen LogP contribution in [0.5, 0.6) is 0 Å². The van der Waals surface area contributed by atoms with Gasteiger partial charge in [-0.3, -0.25) is 4.79 Å². The molecule has 0 aliphatic carbocycles. The summed E-state index contributed by atoms with van der Waals surface area (Å²) >= 11 is 5.74. The second-order valence-electron chi connectivity index (χ2n) is 7.98. The van der Waals surface area contributed by atoms with Crippen LogP contribution in [-0.2, 0) is 11.3 Å². The largest absolute Gasteiger partial charge is 0.376 e. The van der Waals surface area contributed by atoms with E-state index in [2.05, 4.69) is 29.4 Å². The third-order valence-electron chi connectivity index (χ3n) is 5.53. The van der Waals surface area contributed by atoms with Crippen molar-refractivity contribution in [2.75, 3.05) is 18.5 Å². The van der Waals surface area contributed by atoms with Crippen LogP contribution in [0.15, 0.2) is 53.3 Å². The molecule has 6 heteroatoms. The molecule has 0 spiro atoms. The van der Waals surface area contributed by atoms with Crippen LogP contribution in [-0.4, -0.2) is 34.3 Å². The molecule has 1 aromatic heterocycles. The number of hydrogen-bond donors (Lipinski definition) is 2. The van der Waals surface area contributed by atoms with E-state index < -0.39 is 0 Å². The maximum atomic E-state index is 12.8. The fourth-order valence-electron chi connectivity index (χ4n) is 3.93. The first-order valence-electron chi connectivity index (χ1n) is 10.4. The smallest absolute Gasteiger partial charge is 0.253 e. The summed E-state index contributed by atoms with van der Waals surface area (Å²) in [7, 11) is 0. The van der Waals surface area contributed by atoms with Gasteiger partial charge in [0.15, 0.2) is 5.11 Å². The fourth-order valence-corrected chi connectivity index (χ4v) is 4.19. The molecule has 1 fully saturated rings. The van der Waals surface area contributed by atoms with Crippen molar-refractivity contribution < 1.29 is 4.74 Å². The molecule has 1 aliphatic heterocycles. The van der Waals surface area contributed by atoms with Crippen molar-refractivity contribution in [2.45, 2.75) is 39.3 Å². The minimum atomic E-state index is -0.0764. The first kappa shape index (κ1) is 20.6. The zero-order valence-electron chi connectivity index (χ0n) is 17.4. The summed E-state index contributed by atoms with van der Waals surface area (Å²) in [5.74, 6) is 0. The molecule has 1 saturated heterocycles. The van der Waals surface area contributed by atoms with E-state index in [4.69, 9.17) is 17.0 Å². The molecule has 4 rings (SSSR count). The van der Waals surface area contributed by atoms with Gasteiger partial charge in [0, 0.05) is 24.4 Å². The lowest BCUT2D eigenvalue weighted by molar-refractivity contribution is 0.0904. The highest BCUT2D eigenvalue weighted by molar-refractivity contribution is 7.80. The van der Waals surface area contributed by atoms with E-state index in [0.717, 1.165) is 47.2 Å². The molecule has 2 heterocycles. The van der Waals surface area contributed by atoms with Crippen LogP contribution in [0.4, 0.5) is 5.69 Å². The van der Waals surface area contributed by atoms with Crippen molar-refractivity contribution in [3.63, 3.8) is 0 Å². The standard InChI is InChI=1S/C24H27N3O2S/c1-16-6-3-9-20(12-16)25-24(30)27(15-21-10-5-11-29-21)14-19-13-18-8-4-7-17(2)22(18)26-23(19)28/h3-4,6-9,12-13,21H,5,10-11,14-15H2,1-2H3,(H,25,30)(H,26,28). The number of rotatable bonds is 5. The van der Waals surface area contributed by atoms with E-state index in [1.54, 1.807) is 0 Å².